The number of fused-ring (bicyclic) bond motifs is 2. The number of pyridine rings is 1. The second-order valence-electron chi connectivity index (χ2n) is 11.9. The number of nitrogens with one attached hydrogen (secondary N) is 1. The number of nitrogens with zero attached hydrogens (tertiary/aromatic N) is 6. The molecule has 0 bridgehead atoms. The van der Waals surface area contributed by atoms with Crippen LogP contribution in [-0.2, 0) is 14.3 Å². The minimum Gasteiger partial charge on any atom is -0.463 e. The molecule has 46 heavy (non-hydrogen) atoms. The van der Waals surface area contributed by atoms with Gasteiger partial charge in [0.25, 0.3) is 0 Å². The van der Waals surface area contributed by atoms with Crippen LogP contribution in [0.2, 0.25) is 0 Å². The highest BCUT2D eigenvalue weighted by Crippen LogP contribution is 2.47. The number of halogens is 2. The highest BCUT2D eigenvalue weighted by atomic mass is 32.1. The zero-order chi connectivity index (χ0) is 31.8. The number of thiazole rings is 1. The maximum atomic E-state index is 16.6. The van der Waals surface area contributed by atoms with Crippen molar-refractivity contribution in [1.82, 2.24) is 30.2 Å². The normalized spacial score (nSPS) is 20.0. The molecule has 2 saturated heterocycles. The molecule has 15 heteroatoms. The lowest BCUT2D eigenvalue weighted by molar-refractivity contribution is -0.117. The third kappa shape index (κ3) is 6.19. The van der Waals surface area contributed by atoms with Gasteiger partial charge in [-0.2, -0.15) is 9.97 Å². The monoisotopic (exact) mass is 652 g/mol. The van der Waals surface area contributed by atoms with Gasteiger partial charge in [-0.15, -0.1) is 0 Å². The van der Waals surface area contributed by atoms with Crippen LogP contribution in [0.15, 0.2) is 31.0 Å². The Morgan fingerprint density at radius 1 is 1.15 bits per heavy atom. The first-order chi connectivity index (χ1) is 22.3. The van der Waals surface area contributed by atoms with Crippen LogP contribution in [0.4, 0.5) is 19.7 Å². The fraction of sp³-hybridized carbons (Fsp3) is 0.452. The van der Waals surface area contributed by atoms with Crippen molar-refractivity contribution >= 4 is 49.3 Å². The summed E-state index contributed by atoms with van der Waals surface area (Å²) in [5.74, 6) is -1.14. The Balaban J connectivity index is 1.27. The topological polar surface area (TPSA) is 141 Å². The van der Waals surface area contributed by atoms with Crippen LogP contribution in [0.5, 0.6) is 6.01 Å². The molecule has 5 heterocycles. The Hall–Kier alpha value is -4.05. The summed E-state index contributed by atoms with van der Waals surface area (Å²) in [7, 11) is 0. The molecule has 1 atom stereocenters. The maximum Gasteiger partial charge on any atom is 0.319 e. The van der Waals surface area contributed by atoms with E-state index in [0.717, 1.165) is 43.8 Å². The van der Waals surface area contributed by atoms with Gasteiger partial charge in [-0.25, -0.2) is 13.8 Å². The van der Waals surface area contributed by atoms with Crippen molar-refractivity contribution in [1.29, 1.82) is 0 Å². The predicted octanol–water partition coefficient (Wildman–Crippen LogP) is 3.16. The number of aromatic nitrogens is 4. The molecule has 1 aliphatic carbocycles. The van der Waals surface area contributed by atoms with Gasteiger partial charge in [0.15, 0.2) is 10.9 Å². The summed E-state index contributed by atoms with van der Waals surface area (Å²) in [5.41, 5.74) is 6.34. The van der Waals surface area contributed by atoms with Gasteiger partial charge in [0, 0.05) is 49.9 Å². The molecule has 12 nitrogen and oxygen atoms in total. The van der Waals surface area contributed by atoms with Crippen LogP contribution in [0.3, 0.4) is 0 Å². The third-order valence-corrected chi connectivity index (χ3v) is 9.53. The van der Waals surface area contributed by atoms with Gasteiger partial charge < -0.3 is 30.2 Å². The number of anilines is 2. The molecule has 0 spiro atoms. The van der Waals surface area contributed by atoms with E-state index in [9.17, 15) is 9.18 Å². The molecular formula is C31H34F2N8O4S. The van der Waals surface area contributed by atoms with Crippen molar-refractivity contribution in [2.24, 2.45) is 5.41 Å². The van der Waals surface area contributed by atoms with E-state index >= 15 is 4.39 Å². The van der Waals surface area contributed by atoms with E-state index in [4.69, 9.17) is 24.9 Å². The Labute approximate surface area is 267 Å². The lowest BCUT2D eigenvalue weighted by atomic mass is 10.1. The van der Waals surface area contributed by atoms with Crippen LogP contribution in [0.1, 0.15) is 12.8 Å². The second kappa shape index (κ2) is 12.6. The smallest absolute Gasteiger partial charge is 0.319 e. The average molecular weight is 653 g/mol. The first-order valence-corrected chi connectivity index (χ1v) is 16.0. The zero-order valence-electron chi connectivity index (χ0n) is 25.1. The van der Waals surface area contributed by atoms with E-state index in [1.165, 1.54) is 24.4 Å². The number of hydrogen-bond acceptors (Lipinski definition) is 12. The average Bonchev–Trinajstić information content (AvgIpc) is 3.77. The fourth-order valence-corrected chi connectivity index (χ4v) is 6.79. The van der Waals surface area contributed by atoms with E-state index in [1.807, 2.05) is 4.90 Å². The third-order valence-electron chi connectivity index (χ3n) is 8.63. The van der Waals surface area contributed by atoms with Crippen molar-refractivity contribution in [2.45, 2.75) is 18.9 Å². The number of nitrogen functional groups attached to an aromatic ring is 1. The molecular weight excluding hydrogens is 618 g/mol. The Morgan fingerprint density at radius 2 is 1.96 bits per heavy atom. The number of benzene rings is 1. The maximum absolute atomic E-state index is 16.6. The van der Waals surface area contributed by atoms with Gasteiger partial charge in [-0.3, -0.25) is 14.7 Å². The highest BCUT2D eigenvalue weighted by Gasteiger charge is 2.45. The van der Waals surface area contributed by atoms with Crippen LogP contribution in [-0.4, -0.2) is 103 Å². The second-order valence-corrected chi connectivity index (χ2v) is 13.0. The lowest BCUT2D eigenvalue weighted by Gasteiger charge is -2.30. The number of rotatable bonds is 9. The SMILES string of the molecule is C=CC(=O)NC1COCCN(c2nc(OCC3(CN4CCOCC4)CC3)nc3c(F)c(-c4ccc(F)c5sc(N)nc45)ncc23)C1. The summed E-state index contributed by atoms with van der Waals surface area (Å²) in [4.78, 5) is 34.5. The van der Waals surface area contributed by atoms with E-state index in [1.54, 1.807) is 0 Å². The first kappa shape index (κ1) is 30.6. The van der Waals surface area contributed by atoms with Crippen molar-refractivity contribution in [3.63, 3.8) is 0 Å². The van der Waals surface area contributed by atoms with Crippen LogP contribution >= 0.6 is 11.3 Å². The molecule has 242 valence electrons. The molecule has 3 aliphatic rings. The molecule has 3 aromatic heterocycles. The van der Waals surface area contributed by atoms with Crippen molar-refractivity contribution in [3.05, 3.63) is 42.6 Å². The summed E-state index contributed by atoms with van der Waals surface area (Å²) < 4.78 is 48.9. The molecule has 4 aromatic rings. The molecule has 1 saturated carbocycles. The lowest BCUT2D eigenvalue weighted by Crippen LogP contribution is -2.44. The molecule has 1 unspecified atom stereocenters. The van der Waals surface area contributed by atoms with E-state index in [0.29, 0.717) is 62.9 Å². The fourth-order valence-electron chi connectivity index (χ4n) is 6.02. The Morgan fingerprint density at radius 3 is 2.74 bits per heavy atom. The van der Waals surface area contributed by atoms with E-state index in [-0.39, 0.29) is 49.9 Å². The number of carbonyl (C=O) groups is 1. The number of hydrogen-bond donors (Lipinski definition) is 2. The van der Waals surface area contributed by atoms with Gasteiger partial charge in [-0.05, 0) is 31.1 Å². The number of morpholine rings is 1. The summed E-state index contributed by atoms with van der Waals surface area (Å²) in [5, 5.41) is 3.40. The zero-order valence-corrected chi connectivity index (χ0v) is 26.0. The van der Waals surface area contributed by atoms with Crippen LogP contribution in [0, 0.1) is 17.0 Å². The van der Waals surface area contributed by atoms with Gasteiger partial charge >= 0.3 is 6.01 Å². The minimum absolute atomic E-state index is 0.000505. The quantitative estimate of drug-likeness (QED) is 0.258. The number of carbonyl (C=O) groups excluding carboxylic acids is 1. The molecule has 1 aromatic carbocycles. The molecule has 0 radical (unpaired) electrons. The molecule has 3 N–H and O–H groups in total. The highest BCUT2D eigenvalue weighted by molar-refractivity contribution is 7.22. The minimum atomic E-state index is -0.720. The van der Waals surface area contributed by atoms with Gasteiger partial charge in [-0.1, -0.05) is 17.9 Å². The van der Waals surface area contributed by atoms with Crippen LogP contribution in [0.25, 0.3) is 32.4 Å². The molecule has 7 rings (SSSR count). The number of nitrogens with two attached hydrogens (primary N) is 1. The van der Waals surface area contributed by atoms with E-state index in [2.05, 4.69) is 31.7 Å². The van der Waals surface area contributed by atoms with Crippen molar-refractivity contribution in [2.75, 3.05) is 76.4 Å². The van der Waals surface area contributed by atoms with Crippen molar-refractivity contribution < 1.29 is 27.8 Å². The number of ether oxygens (including phenoxy) is 3. The van der Waals surface area contributed by atoms with Crippen LogP contribution < -0.4 is 20.7 Å². The van der Waals surface area contributed by atoms with E-state index < -0.39 is 11.6 Å². The van der Waals surface area contributed by atoms with Gasteiger partial charge in [0.1, 0.15) is 22.8 Å². The molecule has 3 fully saturated rings. The standard InChI is InChI=1S/C31H34F2N8O4S/c1-2-22(42)36-18-14-41(9-12-44-15-18)28-20-13-35-24(19-3-4-21(32)27-26(19)37-29(34)46-27)23(33)25(20)38-30(39-28)45-17-31(5-6-31)16-40-7-10-43-11-8-40/h2-4,13,18H,1,5-12,14-17H2,(H2,34,37)(H,36,42). The predicted molar refractivity (Wildman–Crippen MR) is 170 cm³/mol. The Bertz CT molecular complexity index is 1800. The molecule has 2 aliphatic heterocycles. The summed E-state index contributed by atoms with van der Waals surface area (Å²) in [6, 6.07) is 2.35. The summed E-state index contributed by atoms with van der Waals surface area (Å²) >= 11 is 0.987. The number of amides is 1. The summed E-state index contributed by atoms with van der Waals surface area (Å²) in [6.45, 7) is 9.39. The largest absolute Gasteiger partial charge is 0.463 e. The summed E-state index contributed by atoms with van der Waals surface area (Å²) in [6.07, 6.45) is 4.73. The Kier molecular flexibility index (Phi) is 8.40. The van der Waals surface area contributed by atoms with Gasteiger partial charge in [0.05, 0.1) is 54.7 Å². The van der Waals surface area contributed by atoms with Gasteiger partial charge in [0.2, 0.25) is 5.91 Å². The molecule has 1 amide bonds. The van der Waals surface area contributed by atoms with Crippen molar-refractivity contribution in [3.8, 4) is 17.3 Å². The first-order valence-electron chi connectivity index (χ1n) is 15.2.